The van der Waals surface area contributed by atoms with Gasteiger partial charge in [0.1, 0.15) is 17.3 Å². The molecule has 0 saturated carbocycles. The molecule has 7 nitrogen and oxygen atoms in total. The summed E-state index contributed by atoms with van der Waals surface area (Å²) in [6.07, 6.45) is 0. The second-order valence-electron chi connectivity index (χ2n) is 3.99. The van der Waals surface area contributed by atoms with Crippen LogP contribution in [0.4, 0.5) is 5.82 Å². The van der Waals surface area contributed by atoms with Crippen molar-refractivity contribution < 1.29 is 14.1 Å². The summed E-state index contributed by atoms with van der Waals surface area (Å²) < 4.78 is 9.55. The molecular formula is C12H14N4O3. The summed E-state index contributed by atoms with van der Waals surface area (Å²) in [7, 11) is 1.29. The summed E-state index contributed by atoms with van der Waals surface area (Å²) in [4.78, 5) is 19.5. The van der Waals surface area contributed by atoms with Crippen LogP contribution in [0.2, 0.25) is 0 Å². The highest BCUT2D eigenvalue weighted by atomic mass is 16.5. The van der Waals surface area contributed by atoms with E-state index < -0.39 is 5.97 Å². The largest absolute Gasteiger partial charge is 0.463 e. The molecule has 0 bridgehead atoms. The van der Waals surface area contributed by atoms with E-state index in [9.17, 15) is 4.79 Å². The first kappa shape index (κ1) is 13.0. The van der Waals surface area contributed by atoms with Crippen LogP contribution in [0.25, 0.3) is 0 Å². The number of hydrogen-bond donors (Lipinski definition) is 1. The molecule has 0 unspecified atom stereocenters. The maximum Gasteiger partial charge on any atom is 0.376 e. The van der Waals surface area contributed by atoms with Gasteiger partial charge in [0.2, 0.25) is 5.82 Å². The fourth-order valence-electron chi connectivity index (χ4n) is 1.52. The number of aromatic nitrogens is 3. The van der Waals surface area contributed by atoms with Crippen molar-refractivity contribution in [2.24, 2.45) is 0 Å². The minimum Gasteiger partial charge on any atom is -0.463 e. The highest BCUT2D eigenvalue weighted by Gasteiger charge is 2.11. The minimum atomic E-state index is -0.566. The third-order valence-corrected chi connectivity index (χ3v) is 2.35. The minimum absolute atomic E-state index is 0.0290. The number of hydrogen-bond acceptors (Lipinski definition) is 7. The number of methoxy groups -OCH3 is 1. The Bertz CT molecular complexity index is 594. The quantitative estimate of drug-likeness (QED) is 0.834. The molecule has 0 spiro atoms. The van der Waals surface area contributed by atoms with Crippen LogP contribution in [0.5, 0.6) is 0 Å². The number of ether oxygens (including phenoxy) is 1. The smallest absolute Gasteiger partial charge is 0.376 e. The second kappa shape index (κ2) is 5.47. The number of carbonyl (C=O) groups excluding carboxylic acids is 1. The van der Waals surface area contributed by atoms with Gasteiger partial charge in [-0.2, -0.15) is 0 Å². The van der Waals surface area contributed by atoms with E-state index in [2.05, 4.69) is 25.2 Å². The number of nitrogens with one attached hydrogen (secondary N) is 1. The first-order valence-corrected chi connectivity index (χ1v) is 5.68. The van der Waals surface area contributed by atoms with Crippen LogP contribution in [0.3, 0.4) is 0 Å². The third kappa shape index (κ3) is 3.27. The summed E-state index contributed by atoms with van der Waals surface area (Å²) in [6.45, 7) is 4.05. The maximum atomic E-state index is 11.4. The van der Waals surface area contributed by atoms with Crippen molar-refractivity contribution in [2.45, 2.75) is 20.4 Å². The Hall–Kier alpha value is -2.44. The van der Waals surface area contributed by atoms with Crippen molar-refractivity contribution >= 4 is 11.8 Å². The lowest BCUT2D eigenvalue weighted by Crippen LogP contribution is -2.11. The monoisotopic (exact) mass is 262 g/mol. The summed E-state index contributed by atoms with van der Waals surface area (Å²) >= 11 is 0. The zero-order valence-electron chi connectivity index (χ0n) is 10.9. The first-order chi connectivity index (χ1) is 9.08. The normalized spacial score (nSPS) is 10.3. The standard InChI is InChI=1S/C12H14N4O3/c1-7-4-10(15-11(14-7)12(17)18-3)13-6-9-5-8(2)19-16-9/h4-5H,6H2,1-3H3,(H,13,14,15). The molecule has 0 fully saturated rings. The van der Waals surface area contributed by atoms with Gasteiger partial charge >= 0.3 is 5.97 Å². The van der Waals surface area contributed by atoms with Gasteiger partial charge in [0.25, 0.3) is 0 Å². The number of aryl methyl sites for hydroxylation is 2. The van der Waals surface area contributed by atoms with Crippen molar-refractivity contribution in [1.29, 1.82) is 0 Å². The molecule has 1 N–H and O–H groups in total. The fraction of sp³-hybridized carbons (Fsp3) is 0.333. The van der Waals surface area contributed by atoms with Crippen LogP contribution in [-0.2, 0) is 11.3 Å². The average molecular weight is 262 g/mol. The van der Waals surface area contributed by atoms with E-state index in [0.29, 0.717) is 18.1 Å². The van der Waals surface area contributed by atoms with Crippen LogP contribution >= 0.6 is 0 Å². The first-order valence-electron chi connectivity index (χ1n) is 5.68. The number of nitrogens with zero attached hydrogens (tertiary/aromatic N) is 3. The molecule has 0 aliphatic rings. The molecule has 19 heavy (non-hydrogen) atoms. The molecule has 100 valence electrons. The molecule has 2 aromatic rings. The van der Waals surface area contributed by atoms with E-state index in [-0.39, 0.29) is 5.82 Å². The Labute approximate surface area is 110 Å². The second-order valence-corrected chi connectivity index (χ2v) is 3.99. The molecule has 2 aromatic heterocycles. The van der Waals surface area contributed by atoms with Crippen LogP contribution in [0.15, 0.2) is 16.7 Å². The van der Waals surface area contributed by atoms with E-state index in [1.807, 2.05) is 13.0 Å². The summed E-state index contributed by atoms with van der Waals surface area (Å²) in [6, 6.07) is 3.56. The lowest BCUT2D eigenvalue weighted by atomic mass is 10.3. The predicted molar refractivity (Wildman–Crippen MR) is 66.7 cm³/mol. The molecule has 0 aliphatic carbocycles. The molecule has 2 rings (SSSR count). The van der Waals surface area contributed by atoms with Gasteiger partial charge in [-0.15, -0.1) is 0 Å². The van der Waals surface area contributed by atoms with Gasteiger partial charge in [0, 0.05) is 17.8 Å². The number of anilines is 1. The van der Waals surface area contributed by atoms with Crippen molar-refractivity contribution in [2.75, 3.05) is 12.4 Å². The lowest BCUT2D eigenvalue weighted by molar-refractivity contribution is 0.0586. The number of rotatable bonds is 4. The molecule has 0 radical (unpaired) electrons. The van der Waals surface area contributed by atoms with Crippen molar-refractivity contribution in [3.63, 3.8) is 0 Å². The SMILES string of the molecule is COC(=O)c1nc(C)cc(NCc2cc(C)on2)n1. The Morgan fingerprint density at radius 1 is 1.37 bits per heavy atom. The lowest BCUT2D eigenvalue weighted by Gasteiger charge is -2.06. The van der Waals surface area contributed by atoms with Gasteiger partial charge in [0.15, 0.2) is 0 Å². The van der Waals surface area contributed by atoms with Gasteiger partial charge in [-0.25, -0.2) is 14.8 Å². The summed E-state index contributed by atoms with van der Waals surface area (Å²) in [5.74, 6) is 0.741. The van der Waals surface area contributed by atoms with Crippen LogP contribution in [0.1, 0.15) is 27.8 Å². The fourth-order valence-corrected chi connectivity index (χ4v) is 1.52. The number of carbonyl (C=O) groups is 1. The van der Waals surface area contributed by atoms with Crippen LogP contribution in [-0.4, -0.2) is 28.2 Å². The van der Waals surface area contributed by atoms with Gasteiger partial charge in [-0.1, -0.05) is 5.16 Å². The molecule has 0 atom stereocenters. The zero-order chi connectivity index (χ0) is 13.8. The summed E-state index contributed by atoms with van der Waals surface area (Å²) in [5.41, 5.74) is 1.43. The van der Waals surface area contributed by atoms with Gasteiger partial charge in [-0.05, 0) is 13.8 Å². The van der Waals surface area contributed by atoms with E-state index in [1.54, 1.807) is 13.0 Å². The van der Waals surface area contributed by atoms with E-state index in [1.165, 1.54) is 7.11 Å². The summed E-state index contributed by atoms with van der Waals surface area (Å²) in [5, 5.41) is 6.91. The topological polar surface area (TPSA) is 90.1 Å². The van der Waals surface area contributed by atoms with E-state index in [0.717, 1.165) is 11.5 Å². The molecule has 7 heteroatoms. The maximum absolute atomic E-state index is 11.4. The van der Waals surface area contributed by atoms with Crippen molar-refractivity contribution in [1.82, 2.24) is 15.1 Å². The third-order valence-electron chi connectivity index (χ3n) is 2.35. The molecule has 0 amide bonds. The number of esters is 1. The molecule has 0 saturated heterocycles. The Morgan fingerprint density at radius 2 is 2.16 bits per heavy atom. The van der Waals surface area contributed by atoms with Gasteiger partial charge in [0.05, 0.1) is 13.7 Å². The van der Waals surface area contributed by atoms with Crippen LogP contribution in [0, 0.1) is 13.8 Å². The van der Waals surface area contributed by atoms with E-state index in [4.69, 9.17) is 4.52 Å². The average Bonchev–Trinajstić information content (AvgIpc) is 2.80. The zero-order valence-corrected chi connectivity index (χ0v) is 10.9. The molecular weight excluding hydrogens is 248 g/mol. The van der Waals surface area contributed by atoms with E-state index >= 15 is 0 Å². The molecule has 0 aromatic carbocycles. The highest BCUT2D eigenvalue weighted by molar-refractivity contribution is 5.85. The van der Waals surface area contributed by atoms with Crippen molar-refractivity contribution in [3.05, 3.63) is 35.1 Å². The van der Waals surface area contributed by atoms with Gasteiger partial charge < -0.3 is 14.6 Å². The molecule has 0 aliphatic heterocycles. The Kier molecular flexibility index (Phi) is 3.74. The van der Waals surface area contributed by atoms with Crippen molar-refractivity contribution in [3.8, 4) is 0 Å². The van der Waals surface area contributed by atoms with Crippen LogP contribution < -0.4 is 5.32 Å². The Balaban J connectivity index is 2.11. The Morgan fingerprint density at radius 3 is 2.79 bits per heavy atom. The highest BCUT2D eigenvalue weighted by Crippen LogP contribution is 2.09. The molecule has 2 heterocycles. The van der Waals surface area contributed by atoms with Gasteiger partial charge in [-0.3, -0.25) is 0 Å². The predicted octanol–water partition coefficient (Wildman–Crippen LogP) is 1.48.